The molecule has 3 rings (SSSR count). The van der Waals surface area contributed by atoms with Crippen molar-refractivity contribution < 1.29 is 67.0 Å². The number of carboxylic acid groups (broad SMARTS) is 1. The van der Waals surface area contributed by atoms with E-state index in [-0.39, 0.29) is 71.6 Å². The lowest BCUT2D eigenvalue weighted by molar-refractivity contribution is -0.149. The zero-order valence-electron chi connectivity index (χ0n) is 39.6. The number of esters is 1. The van der Waals surface area contributed by atoms with Crippen molar-refractivity contribution >= 4 is 79.2 Å². The van der Waals surface area contributed by atoms with Crippen LogP contribution >= 0.6 is 31.8 Å². The third kappa shape index (κ3) is 18.8. The molecular formula is C44H67N6O14PS2. The number of thiol groups is 1. The van der Waals surface area contributed by atoms with Crippen molar-refractivity contribution in [2.75, 3.05) is 26.0 Å². The molecule has 4 amide bonds. The number of carboxylic acids is 1. The quantitative estimate of drug-likeness (QED) is 0.0280. The van der Waals surface area contributed by atoms with E-state index >= 15 is 0 Å². The second kappa shape index (κ2) is 25.7. The van der Waals surface area contributed by atoms with Gasteiger partial charge in [0.25, 0.3) is 5.91 Å². The molecule has 0 radical (unpaired) electrons. The maximum atomic E-state index is 14.2. The number of likely N-dealkylation sites (tertiary alicyclic amines) is 1. The minimum Gasteiger partial charge on any atom is -0.481 e. The monoisotopic (exact) mass is 998 g/mol. The largest absolute Gasteiger partial charge is 0.529 e. The first-order valence-electron chi connectivity index (χ1n) is 22.3. The molecule has 2 aromatic rings. The Labute approximate surface area is 401 Å². The van der Waals surface area contributed by atoms with Gasteiger partial charge in [0, 0.05) is 49.0 Å². The molecule has 0 spiro atoms. The number of anilines is 1. The second-order valence-electron chi connectivity index (χ2n) is 17.8. The van der Waals surface area contributed by atoms with Gasteiger partial charge in [0.2, 0.25) is 17.7 Å². The van der Waals surface area contributed by atoms with E-state index in [1.807, 2.05) is 46.6 Å². The standard InChI is InChI=1S/C44H67N6O14PS2/c1-10-25(3)37(48-39(54)33-14-12-13-19-49(33)8)41(55)50(9)30(11-2)23-35(62-27(5)51)40-47-32(24-67-40)38(53)45-29(20-26(4)42(56)57)21-28-15-16-34(63-43(58)64-65(59,60)61)31(22-28)46-36(52)17-18-44(6,7)66/h15-16,22,24-26,29-30,33,35,37,66H,10-14,17-21,23H2,1-9H3,(H,45,53)(H,46,52)(H,48,54)(H,56,57)(H2,59,60,61)/t25-,26?,29+,30-,33+,35+,37-/m0/s1. The Hall–Kier alpha value is -4.60. The minimum absolute atomic E-state index is 0.000633. The summed E-state index contributed by atoms with van der Waals surface area (Å²) in [4.78, 5) is 117. The van der Waals surface area contributed by atoms with Gasteiger partial charge in [-0.25, -0.2) is 14.3 Å². The van der Waals surface area contributed by atoms with E-state index in [9.17, 15) is 43.2 Å². The molecule has 23 heteroatoms. The van der Waals surface area contributed by atoms with Gasteiger partial charge in [-0.2, -0.15) is 12.6 Å². The molecule has 1 aliphatic heterocycles. The van der Waals surface area contributed by atoms with Gasteiger partial charge in [0.15, 0.2) is 11.9 Å². The van der Waals surface area contributed by atoms with Gasteiger partial charge >= 0.3 is 25.9 Å². The molecule has 1 fully saturated rings. The Kier molecular flexibility index (Phi) is 21.7. The number of nitrogens with one attached hydrogen (secondary N) is 3. The van der Waals surface area contributed by atoms with E-state index in [1.165, 1.54) is 37.4 Å². The van der Waals surface area contributed by atoms with Gasteiger partial charge in [-0.15, -0.1) is 11.3 Å². The number of carbonyl (C=O) groups excluding carboxylic acids is 6. The molecule has 1 aromatic heterocycles. The number of aliphatic carboxylic acids is 1. The van der Waals surface area contributed by atoms with Crippen molar-refractivity contribution in [3.05, 3.63) is 39.8 Å². The number of likely N-dealkylation sites (N-methyl/N-ethyl adjacent to an activating group) is 2. The summed E-state index contributed by atoms with van der Waals surface area (Å²) < 4.78 is 25.5. The van der Waals surface area contributed by atoms with E-state index < -0.39 is 72.6 Å². The number of ether oxygens (including phenoxy) is 2. The van der Waals surface area contributed by atoms with Crippen LogP contribution in [-0.4, -0.2) is 121 Å². The van der Waals surface area contributed by atoms with E-state index in [1.54, 1.807) is 11.9 Å². The fraction of sp³-hybridized carbons (Fsp3) is 0.636. The minimum atomic E-state index is -5.28. The SMILES string of the molecule is CC[C@@H](C[C@@H](OC(C)=O)c1nc(C(=O)N[C@@H](Cc2ccc(OC(=O)OP(=O)(O)O)c(NC(=O)CCC(C)(C)S)c2)CC(C)C(=O)O)cs1)N(C)C(=O)[C@@H](NC(=O)[C@H]1CCCCN1C)[C@@H](C)CC. The van der Waals surface area contributed by atoms with Crippen LogP contribution in [0.4, 0.5) is 10.5 Å². The molecule has 0 saturated carbocycles. The fourth-order valence-corrected chi connectivity index (χ4v) is 8.70. The van der Waals surface area contributed by atoms with Crippen molar-refractivity contribution in [3.63, 3.8) is 0 Å². The smallest absolute Gasteiger partial charge is 0.481 e. The second-order valence-corrected chi connectivity index (χ2v) is 21.0. The summed E-state index contributed by atoms with van der Waals surface area (Å²) in [6.07, 6.45) is 1.42. The number of hydrogen-bond acceptors (Lipinski definition) is 15. The molecule has 0 bridgehead atoms. The third-order valence-electron chi connectivity index (χ3n) is 11.6. The average Bonchev–Trinajstić information content (AvgIpc) is 3.73. The number of rotatable bonds is 24. The van der Waals surface area contributed by atoms with Crippen LogP contribution in [0.2, 0.25) is 0 Å². The van der Waals surface area contributed by atoms with E-state index in [4.69, 9.17) is 19.3 Å². The molecule has 1 saturated heterocycles. The topological polar surface area (TPSA) is 280 Å². The zero-order valence-corrected chi connectivity index (χ0v) is 42.2. The zero-order chi connectivity index (χ0) is 50.4. The lowest BCUT2D eigenvalue weighted by atomic mass is 9.95. The lowest BCUT2D eigenvalue weighted by Gasteiger charge is -2.36. The summed E-state index contributed by atoms with van der Waals surface area (Å²) in [6.45, 7) is 12.9. The first-order chi connectivity index (χ1) is 31.2. The van der Waals surface area contributed by atoms with Crippen LogP contribution in [0.5, 0.6) is 5.75 Å². The van der Waals surface area contributed by atoms with E-state index in [2.05, 4.69) is 38.1 Å². The highest BCUT2D eigenvalue weighted by Crippen LogP contribution is 2.37. The lowest BCUT2D eigenvalue weighted by Crippen LogP contribution is -2.57. The normalized spacial score (nSPS) is 17.1. The maximum Gasteiger partial charge on any atom is 0.529 e. The average molecular weight is 999 g/mol. The van der Waals surface area contributed by atoms with Crippen LogP contribution in [0.25, 0.3) is 0 Å². The van der Waals surface area contributed by atoms with Crippen LogP contribution in [0.15, 0.2) is 23.6 Å². The van der Waals surface area contributed by atoms with Crippen LogP contribution in [-0.2, 0) is 44.2 Å². The van der Waals surface area contributed by atoms with E-state index in [0.717, 1.165) is 30.7 Å². The number of thiazole rings is 1. The molecule has 1 aromatic carbocycles. The van der Waals surface area contributed by atoms with Crippen molar-refractivity contribution in [2.45, 2.75) is 148 Å². The molecule has 374 valence electrons. The van der Waals surface area contributed by atoms with E-state index in [0.29, 0.717) is 31.2 Å². The van der Waals surface area contributed by atoms with Crippen molar-refractivity contribution in [1.29, 1.82) is 0 Å². The summed E-state index contributed by atoms with van der Waals surface area (Å²) >= 11 is 5.50. The van der Waals surface area contributed by atoms with Gasteiger partial charge in [0.1, 0.15) is 16.7 Å². The highest BCUT2D eigenvalue weighted by molar-refractivity contribution is 7.81. The Bertz CT molecular complexity index is 2110. The number of benzene rings is 1. The first kappa shape index (κ1) is 56.7. The van der Waals surface area contributed by atoms with Crippen LogP contribution in [0, 0.1) is 11.8 Å². The Balaban J connectivity index is 1.88. The predicted molar refractivity (Wildman–Crippen MR) is 253 cm³/mol. The number of carbonyl (C=O) groups is 7. The molecule has 0 aliphatic carbocycles. The van der Waals surface area contributed by atoms with Crippen LogP contribution in [0.1, 0.15) is 133 Å². The molecule has 20 nitrogen and oxygen atoms in total. The Morgan fingerprint density at radius 3 is 2.33 bits per heavy atom. The molecule has 67 heavy (non-hydrogen) atoms. The molecule has 7 atom stereocenters. The third-order valence-corrected chi connectivity index (χ3v) is 13.1. The Morgan fingerprint density at radius 2 is 1.75 bits per heavy atom. The molecule has 1 aliphatic rings. The predicted octanol–water partition coefficient (Wildman–Crippen LogP) is 5.88. The number of phosphoric ester groups is 1. The molecule has 2 heterocycles. The van der Waals surface area contributed by atoms with Crippen LogP contribution < -0.4 is 20.7 Å². The highest BCUT2D eigenvalue weighted by Gasteiger charge is 2.36. The van der Waals surface area contributed by atoms with Gasteiger partial charge < -0.3 is 40.0 Å². The number of nitrogens with zero attached hydrogens (tertiary/aromatic N) is 3. The highest BCUT2D eigenvalue weighted by atomic mass is 32.1. The number of hydrogen-bond donors (Lipinski definition) is 7. The Morgan fingerprint density at radius 1 is 1.06 bits per heavy atom. The van der Waals surface area contributed by atoms with Crippen molar-refractivity contribution in [2.24, 2.45) is 11.8 Å². The van der Waals surface area contributed by atoms with Gasteiger partial charge in [-0.3, -0.25) is 43.5 Å². The summed E-state index contributed by atoms with van der Waals surface area (Å²) in [5, 5.41) is 20.0. The van der Waals surface area contributed by atoms with Crippen molar-refractivity contribution in [3.8, 4) is 5.75 Å². The summed E-state index contributed by atoms with van der Waals surface area (Å²) in [5.41, 5.74) is 0.296. The molecular weight excluding hydrogens is 932 g/mol. The molecule has 1 unspecified atom stereocenters. The number of phosphoric acid groups is 1. The first-order valence-corrected chi connectivity index (χ1v) is 25.1. The van der Waals surface area contributed by atoms with Crippen LogP contribution in [0.3, 0.4) is 0 Å². The number of piperidine rings is 1. The summed E-state index contributed by atoms with van der Waals surface area (Å²) in [7, 11) is -1.72. The van der Waals surface area contributed by atoms with Gasteiger partial charge in [-0.05, 0) is 75.7 Å². The number of amides is 4. The van der Waals surface area contributed by atoms with Crippen molar-refractivity contribution in [1.82, 2.24) is 25.4 Å². The number of aromatic nitrogens is 1. The maximum absolute atomic E-state index is 14.2. The summed E-state index contributed by atoms with van der Waals surface area (Å²) in [6, 6.07) is 1.63. The summed E-state index contributed by atoms with van der Waals surface area (Å²) in [5.74, 6) is -4.84. The fourth-order valence-electron chi connectivity index (χ4n) is 7.52. The molecule has 6 N–H and O–H groups in total. The van der Waals surface area contributed by atoms with Gasteiger partial charge in [0.05, 0.1) is 17.6 Å². The van der Waals surface area contributed by atoms with Gasteiger partial charge in [-0.1, -0.05) is 60.5 Å².